The molecule has 20 heavy (non-hydrogen) atoms. The Hall–Kier alpha value is -1.63. The summed E-state index contributed by atoms with van der Waals surface area (Å²) >= 11 is 0. The molecule has 0 fully saturated rings. The van der Waals surface area contributed by atoms with E-state index in [-0.39, 0.29) is 16.6 Å². The van der Waals surface area contributed by atoms with Crippen molar-refractivity contribution in [2.24, 2.45) is 5.41 Å². The monoisotopic (exact) mass is 268 g/mol. The molecule has 0 bridgehead atoms. The molecule has 0 spiro atoms. The smallest absolute Gasteiger partial charge is 0.185 e. The summed E-state index contributed by atoms with van der Waals surface area (Å²) in [5.74, 6) is -0.00420. The van der Waals surface area contributed by atoms with E-state index in [4.69, 9.17) is 0 Å². The molecule has 1 aromatic carbocycles. The average Bonchev–Trinajstić information content (AvgIpc) is 2.36. The van der Waals surface area contributed by atoms with Crippen LogP contribution < -0.4 is 0 Å². The molecule has 2 rings (SSSR count). The maximum absolute atomic E-state index is 11.9. The van der Waals surface area contributed by atoms with E-state index in [1.807, 2.05) is 6.07 Å². The number of ketones is 1. The summed E-state index contributed by atoms with van der Waals surface area (Å²) in [6.45, 7) is 14.8. The summed E-state index contributed by atoms with van der Waals surface area (Å²) in [6, 6.07) is 6.08. The van der Waals surface area contributed by atoms with E-state index in [1.165, 1.54) is 22.8 Å². The Morgan fingerprint density at radius 2 is 1.95 bits per heavy atom. The topological polar surface area (TPSA) is 17.1 Å². The number of carbonyl (C=O) groups excluding carboxylic acids is 1. The van der Waals surface area contributed by atoms with Crippen LogP contribution in [0.1, 0.15) is 62.5 Å². The number of fused-ring (bicyclic) bond motifs is 1. The average molecular weight is 268 g/mol. The molecule has 1 nitrogen and oxygen atoms in total. The lowest BCUT2D eigenvalue weighted by atomic mass is 9.68. The predicted molar refractivity (Wildman–Crippen MR) is 86.0 cm³/mol. The van der Waals surface area contributed by atoms with Crippen LogP contribution in [0.2, 0.25) is 0 Å². The Labute approximate surface area is 122 Å². The van der Waals surface area contributed by atoms with Crippen molar-refractivity contribution < 1.29 is 4.79 Å². The lowest BCUT2D eigenvalue weighted by molar-refractivity contribution is 0.104. The van der Waals surface area contributed by atoms with Gasteiger partial charge >= 0.3 is 0 Å². The fourth-order valence-corrected chi connectivity index (χ4v) is 2.90. The molecule has 0 N–H and O–H groups in total. The first-order valence-corrected chi connectivity index (χ1v) is 7.19. The van der Waals surface area contributed by atoms with Crippen LogP contribution in [0.3, 0.4) is 0 Å². The third-order valence-corrected chi connectivity index (χ3v) is 4.13. The van der Waals surface area contributed by atoms with Crippen molar-refractivity contribution in [1.82, 2.24) is 0 Å². The highest BCUT2D eigenvalue weighted by Gasteiger charge is 2.32. The highest BCUT2D eigenvalue weighted by Crippen LogP contribution is 2.45. The zero-order valence-corrected chi connectivity index (χ0v) is 13.2. The molecule has 1 aliphatic rings. The van der Waals surface area contributed by atoms with Gasteiger partial charge in [-0.2, -0.15) is 0 Å². The first kappa shape index (κ1) is 14.8. The molecular weight excluding hydrogens is 244 g/mol. The normalized spacial score (nSPS) is 17.1. The molecule has 0 amide bonds. The highest BCUT2D eigenvalue weighted by molar-refractivity contribution is 6.04. The minimum atomic E-state index is -0.00420. The highest BCUT2D eigenvalue weighted by atomic mass is 16.1. The number of allylic oxidation sites excluding steroid dienone is 3. The molecule has 0 saturated heterocycles. The van der Waals surface area contributed by atoms with Crippen molar-refractivity contribution in [3.63, 3.8) is 0 Å². The SMILES string of the molecule is C=CC(=O)c1ccc2c(c1)C(C)(C)CC=C2C(C)(C)C. The molecule has 0 aromatic heterocycles. The predicted octanol–water partition coefficient (Wildman–Crippen LogP) is 5.17. The van der Waals surface area contributed by atoms with Gasteiger partial charge < -0.3 is 0 Å². The lowest BCUT2D eigenvalue weighted by Crippen LogP contribution is -2.25. The van der Waals surface area contributed by atoms with Crippen LogP contribution in [0.4, 0.5) is 0 Å². The Kier molecular flexibility index (Phi) is 3.49. The van der Waals surface area contributed by atoms with Gasteiger partial charge in [-0.05, 0) is 46.1 Å². The Morgan fingerprint density at radius 1 is 1.30 bits per heavy atom. The van der Waals surface area contributed by atoms with E-state index in [9.17, 15) is 4.79 Å². The largest absolute Gasteiger partial charge is 0.289 e. The molecule has 0 heterocycles. The standard InChI is InChI=1S/C19H24O/c1-7-17(20)13-8-9-14-15(18(2,3)4)10-11-19(5,6)16(14)12-13/h7-10,12H,1,11H2,2-6H3. The van der Waals surface area contributed by atoms with Crippen LogP contribution in [-0.4, -0.2) is 5.78 Å². The van der Waals surface area contributed by atoms with Crippen LogP contribution in [0, 0.1) is 5.41 Å². The van der Waals surface area contributed by atoms with Crippen LogP contribution in [0.15, 0.2) is 36.9 Å². The van der Waals surface area contributed by atoms with Crippen molar-refractivity contribution in [2.45, 2.75) is 46.5 Å². The molecule has 1 aromatic rings. The summed E-state index contributed by atoms with van der Waals surface area (Å²) in [5, 5.41) is 0. The molecule has 0 radical (unpaired) electrons. The first-order chi connectivity index (χ1) is 9.16. The third kappa shape index (κ3) is 2.49. The van der Waals surface area contributed by atoms with E-state index >= 15 is 0 Å². The number of hydrogen-bond donors (Lipinski definition) is 0. The van der Waals surface area contributed by atoms with E-state index in [2.05, 4.69) is 59.4 Å². The van der Waals surface area contributed by atoms with Crippen molar-refractivity contribution in [3.8, 4) is 0 Å². The van der Waals surface area contributed by atoms with E-state index in [0.717, 1.165) is 12.0 Å². The Balaban J connectivity index is 2.64. The van der Waals surface area contributed by atoms with Gasteiger partial charge in [0.1, 0.15) is 0 Å². The second-order valence-corrected chi connectivity index (χ2v) is 7.28. The van der Waals surface area contributed by atoms with Gasteiger partial charge in [0.15, 0.2) is 5.78 Å². The molecule has 0 unspecified atom stereocenters. The molecular formula is C19H24O. The summed E-state index contributed by atoms with van der Waals surface area (Å²) in [5.41, 5.74) is 4.87. The summed E-state index contributed by atoms with van der Waals surface area (Å²) in [6.07, 6.45) is 4.76. The minimum Gasteiger partial charge on any atom is -0.289 e. The molecule has 0 saturated carbocycles. The summed E-state index contributed by atoms with van der Waals surface area (Å²) in [4.78, 5) is 11.9. The van der Waals surface area contributed by atoms with Crippen LogP contribution >= 0.6 is 0 Å². The van der Waals surface area contributed by atoms with E-state index < -0.39 is 0 Å². The Bertz CT molecular complexity index is 595. The molecule has 1 heteroatoms. The van der Waals surface area contributed by atoms with Gasteiger partial charge in [-0.3, -0.25) is 4.79 Å². The van der Waals surface area contributed by atoms with Gasteiger partial charge in [-0.1, -0.05) is 59.4 Å². The van der Waals surface area contributed by atoms with Gasteiger partial charge in [0.05, 0.1) is 0 Å². The molecule has 106 valence electrons. The van der Waals surface area contributed by atoms with Gasteiger partial charge in [0.25, 0.3) is 0 Å². The molecule has 0 atom stereocenters. The van der Waals surface area contributed by atoms with Crippen LogP contribution in [-0.2, 0) is 5.41 Å². The zero-order chi connectivity index (χ0) is 15.1. The minimum absolute atomic E-state index is 0.00420. The second kappa shape index (κ2) is 4.73. The van der Waals surface area contributed by atoms with E-state index in [0.29, 0.717) is 0 Å². The Morgan fingerprint density at radius 3 is 2.50 bits per heavy atom. The quantitative estimate of drug-likeness (QED) is 0.534. The lowest BCUT2D eigenvalue weighted by Gasteiger charge is -2.36. The zero-order valence-electron chi connectivity index (χ0n) is 13.2. The first-order valence-electron chi connectivity index (χ1n) is 7.19. The van der Waals surface area contributed by atoms with E-state index in [1.54, 1.807) is 0 Å². The summed E-state index contributed by atoms with van der Waals surface area (Å²) < 4.78 is 0. The number of hydrogen-bond acceptors (Lipinski definition) is 1. The fourth-order valence-electron chi connectivity index (χ4n) is 2.90. The van der Waals surface area contributed by atoms with Crippen molar-refractivity contribution in [3.05, 3.63) is 53.6 Å². The van der Waals surface area contributed by atoms with Gasteiger partial charge in [-0.15, -0.1) is 0 Å². The van der Waals surface area contributed by atoms with Crippen molar-refractivity contribution >= 4 is 11.4 Å². The molecule has 0 aliphatic heterocycles. The van der Waals surface area contributed by atoms with Gasteiger partial charge in [0.2, 0.25) is 0 Å². The maximum Gasteiger partial charge on any atom is 0.185 e. The fraction of sp³-hybridized carbons (Fsp3) is 0.421. The third-order valence-electron chi connectivity index (χ3n) is 4.13. The number of carbonyl (C=O) groups is 1. The van der Waals surface area contributed by atoms with Crippen molar-refractivity contribution in [1.29, 1.82) is 0 Å². The van der Waals surface area contributed by atoms with Crippen molar-refractivity contribution in [2.75, 3.05) is 0 Å². The summed E-state index contributed by atoms with van der Waals surface area (Å²) in [7, 11) is 0. The van der Waals surface area contributed by atoms with Crippen LogP contribution in [0.5, 0.6) is 0 Å². The maximum atomic E-state index is 11.9. The van der Waals surface area contributed by atoms with Gasteiger partial charge in [-0.25, -0.2) is 0 Å². The number of rotatable bonds is 2. The van der Waals surface area contributed by atoms with Crippen LogP contribution in [0.25, 0.3) is 5.57 Å². The number of benzene rings is 1. The molecule has 1 aliphatic carbocycles. The second-order valence-electron chi connectivity index (χ2n) is 7.28. The van der Waals surface area contributed by atoms with Gasteiger partial charge in [0, 0.05) is 5.56 Å².